The van der Waals surface area contributed by atoms with Gasteiger partial charge in [-0.05, 0) is 128 Å². The number of aliphatic hydroxyl groups excluding tert-OH is 1. The highest BCUT2D eigenvalue weighted by atomic mass is 31.2. The Morgan fingerprint density at radius 1 is 0.296 bits per heavy atom. The molecule has 0 aliphatic heterocycles. The summed E-state index contributed by atoms with van der Waals surface area (Å²) in [6.45, 7) is 4.49. The summed E-state index contributed by atoms with van der Waals surface area (Å²) < 4.78 is 68.4. The molecule has 3 N–H and O–H groups in total. The monoisotopic (exact) mass is 1420 g/mol. The predicted octanol–water partition coefficient (Wildman–Crippen LogP) is 21.6. The molecule has 0 rings (SSSR count). The van der Waals surface area contributed by atoms with Crippen LogP contribution in [0.25, 0.3) is 0 Å². The van der Waals surface area contributed by atoms with Crippen LogP contribution in [0, 0.1) is 0 Å². The van der Waals surface area contributed by atoms with Gasteiger partial charge in [-0.3, -0.25) is 37.3 Å². The molecule has 0 radical (unpaired) electrons. The second kappa shape index (κ2) is 70.9. The third-order valence-electron chi connectivity index (χ3n) is 15.4. The number of hydrogen-bond donors (Lipinski definition) is 3. The van der Waals surface area contributed by atoms with Gasteiger partial charge < -0.3 is 33.8 Å². The molecule has 0 saturated carbocycles. The standard InChI is InChI=1S/C79H134O17P2/c1-5-9-13-17-21-25-29-32-34-35-36-37-39-41-45-48-52-56-60-64-77(82)90-70-75(96-79(84)66-62-58-54-50-46-42-38-33-30-26-22-18-14-10-6-2)72-94-98(87,88)92-68-73(80)67-91-97(85,86)93-71-74(95-78(83)65-61-57-53-49-43-28-24-20-16-12-8-4)69-89-76(81)63-59-55-51-47-44-40-31-27-23-19-15-11-7-3/h9-10,13-15,19,21-22,25-27,31-34,36-38,46,50,73-75,80H,5-8,11-12,16-18,20,23-24,28-30,35,39-45,47-49,51-72H2,1-4H3,(H,85,86)(H,87,88)/b13-9-,14-10-,19-15-,25-21-,26-22-,31-27-,34-32-,37-36-,38-33-,50-46-. The molecule has 0 aromatic rings. The fraction of sp³-hybridized carbons (Fsp3) is 0.696. The van der Waals surface area contributed by atoms with Crippen molar-refractivity contribution in [3.05, 3.63) is 122 Å². The third kappa shape index (κ3) is 69.9. The second-order valence-corrected chi connectivity index (χ2v) is 27.7. The van der Waals surface area contributed by atoms with Crippen molar-refractivity contribution in [2.24, 2.45) is 0 Å². The first-order chi connectivity index (χ1) is 47.7. The van der Waals surface area contributed by atoms with Crippen molar-refractivity contribution in [3.8, 4) is 0 Å². The van der Waals surface area contributed by atoms with Crippen LogP contribution in [0.2, 0.25) is 0 Å². The van der Waals surface area contributed by atoms with Crippen LogP contribution >= 0.6 is 15.6 Å². The van der Waals surface area contributed by atoms with Gasteiger partial charge in [-0.2, -0.15) is 0 Å². The molecule has 0 heterocycles. The van der Waals surface area contributed by atoms with Crippen LogP contribution in [-0.4, -0.2) is 96.7 Å². The second-order valence-electron chi connectivity index (χ2n) is 24.8. The van der Waals surface area contributed by atoms with Crippen LogP contribution in [0.15, 0.2) is 122 Å². The zero-order valence-electron chi connectivity index (χ0n) is 61.2. The van der Waals surface area contributed by atoms with E-state index in [1.54, 1.807) is 0 Å². The summed E-state index contributed by atoms with van der Waals surface area (Å²) in [5.41, 5.74) is 0. The van der Waals surface area contributed by atoms with E-state index >= 15 is 0 Å². The summed E-state index contributed by atoms with van der Waals surface area (Å²) in [7, 11) is -9.97. The van der Waals surface area contributed by atoms with Gasteiger partial charge in [0.05, 0.1) is 26.4 Å². The highest BCUT2D eigenvalue weighted by molar-refractivity contribution is 7.47. The molecule has 5 atom stereocenters. The minimum Gasteiger partial charge on any atom is -0.462 e. The Hall–Kier alpha value is -4.54. The summed E-state index contributed by atoms with van der Waals surface area (Å²) in [6.07, 6.45) is 76.3. The van der Waals surface area contributed by atoms with Crippen molar-refractivity contribution < 1.29 is 80.2 Å². The van der Waals surface area contributed by atoms with E-state index in [1.807, 2.05) is 0 Å². The van der Waals surface area contributed by atoms with Crippen molar-refractivity contribution in [1.82, 2.24) is 0 Å². The maximum absolute atomic E-state index is 13.1. The summed E-state index contributed by atoms with van der Waals surface area (Å²) in [5, 5.41) is 10.6. The number of rotatable bonds is 70. The van der Waals surface area contributed by atoms with E-state index in [9.17, 15) is 43.2 Å². The van der Waals surface area contributed by atoms with Gasteiger partial charge in [0.15, 0.2) is 12.2 Å². The molecule has 5 unspecified atom stereocenters. The molecule has 0 aromatic carbocycles. The molecule has 0 amide bonds. The Kier molecular flexibility index (Phi) is 67.6. The number of phosphoric acid groups is 2. The van der Waals surface area contributed by atoms with E-state index in [4.69, 9.17) is 37.0 Å². The van der Waals surface area contributed by atoms with Crippen molar-refractivity contribution in [3.63, 3.8) is 0 Å². The van der Waals surface area contributed by atoms with Gasteiger partial charge in [0, 0.05) is 25.7 Å². The number of carbonyl (C=O) groups excluding carboxylic acids is 4. The summed E-state index contributed by atoms with van der Waals surface area (Å²) >= 11 is 0. The van der Waals surface area contributed by atoms with E-state index in [0.717, 1.165) is 173 Å². The number of allylic oxidation sites excluding steroid dienone is 20. The van der Waals surface area contributed by atoms with Gasteiger partial charge in [0.1, 0.15) is 19.3 Å². The van der Waals surface area contributed by atoms with E-state index in [2.05, 4.69) is 149 Å². The lowest BCUT2D eigenvalue weighted by Gasteiger charge is -2.21. The SMILES string of the molecule is CC/C=C\C/C=C\C/C=C\C/C=C\CCCCCCCCC(=O)OCC(COP(=O)(O)OCC(O)COP(=O)(O)OCC(COC(=O)CCCCCCC/C=C\C/C=C\CCC)OC(=O)CCCCCCCCCCCCC)OC(=O)CCCC/C=C\C/C=C\C/C=C\C/C=C\CC. The Labute approximate surface area is 593 Å². The van der Waals surface area contributed by atoms with Crippen LogP contribution in [0.5, 0.6) is 0 Å². The molecule has 0 saturated heterocycles. The molecule has 19 heteroatoms. The first-order valence-electron chi connectivity index (χ1n) is 37.8. The van der Waals surface area contributed by atoms with Crippen LogP contribution < -0.4 is 0 Å². The molecule has 0 fully saturated rings. The summed E-state index contributed by atoms with van der Waals surface area (Å²) in [4.78, 5) is 72.8. The van der Waals surface area contributed by atoms with Crippen LogP contribution in [0.1, 0.15) is 297 Å². The third-order valence-corrected chi connectivity index (χ3v) is 17.3. The van der Waals surface area contributed by atoms with Gasteiger partial charge in [-0.25, -0.2) is 9.13 Å². The first kappa shape index (κ1) is 93.5. The average molecular weight is 1420 g/mol. The number of esters is 4. The van der Waals surface area contributed by atoms with E-state index in [1.165, 1.54) is 38.5 Å². The Bertz CT molecular complexity index is 2340. The number of aliphatic hydroxyl groups is 1. The van der Waals surface area contributed by atoms with Crippen LogP contribution in [-0.2, 0) is 65.4 Å². The Morgan fingerprint density at radius 3 is 0.878 bits per heavy atom. The van der Waals surface area contributed by atoms with Crippen LogP contribution in [0.3, 0.4) is 0 Å². The Balaban J connectivity index is 5.37. The largest absolute Gasteiger partial charge is 0.472 e. The number of hydrogen-bond acceptors (Lipinski definition) is 15. The minimum absolute atomic E-state index is 0.0369. The predicted molar refractivity (Wildman–Crippen MR) is 399 cm³/mol. The van der Waals surface area contributed by atoms with Crippen molar-refractivity contribution in [1.29, 1.82) is 0 Å². The van der Waals surface area contributed by atoms with Gasteiger partial charge in [0.2, 0.25) is 0 Å². The lowest BCUT2D eigenvalue weighted by atomic mass is 10.1. The zero-order chi connectivity index (χ0) is 71.8. The molecule has 0 bridgehead atoms. The van der Waals surface area contributed by atoms with Gasteiger partial charge >= 0.3 is 39.5 Å². The average Bonchev–Trinajstić information content (AvgIpc) is 0.992. The first-order valence-corrected chi connectivity index (χ1v) is 40.8. The number of unbranched alkanes of at least 4 members (excludes halogenated alkanes) is 24. The van der Waals surface area contributed by atoms with Crippen LogP contribution in [0.4, 0.5) is 0 Å². The number of phosphoric ester groups is 2. The fourth-order valence-corrected chi connectivity index (χ4v) is 11.3. The Morgan fingerprint density at radius 2 is 0.551 bits per heavy atom. The lowest BCUT2D eigenvalue weighted by Crippen LogP contribution is -2.30. The molecule has 0 aromatic heterocycles. The maximum Gasteiger partial charge on any atom is 0.472 e. The number of ether oxygens (including phenoxy) is 4. The zero-order valence-corrected chi connectivity index (χ0v) is 63.0. The molecule has 0 spiro atoms. The fourth-order valence-electron chi connectivity index (χ4n) is 9.71. The van der Waals surface area contributed by atoms with Gasteiger partial charge in [-0.15, -0.1) is 0 Å². The summed E-state index contributed by atoms with van der Waals surface area (Å²) in [5.74, 6) is -2.25. The molecule has 0 aliphatic carbocycles. The molecular weight excluding hydrogens is 1280 g/mol. The van der Waals surface area contributed by atoms with E-state index < -0.39 is 97.5 Å². The van der Waals surface area contributed by atoms with Gasteiger partial charge in [0.25, 0.3) is 0 Å². The molecule has 0 aliphatic rings. The highest BCUT2D eigenvalue weighted by Crippen LogP contribution is 2.45. The molecular formula is C79H134O17P2. The molecule has 562 valence electrons. The van der Waals surface area contributed by atoms with Gasteiger partial charge in [-0.1, -0.05) is 265 Å². The normalized spacial score (nSPS) is 14.6. The highest BCUT2D eigenvalue weighted by Gasteiger charge is 2.30. The number of carbonyl (C=O) groups is 4. The lowest BCUT2D eigenvalue weighted by molar-refractivity contribution is -0.161. The maximum atomic E-state index is 13.1. The molecule has 17 nitrogen and oxygen atoms in total. The van der Waals surface area contributed by atoms with Crippen molar-refractivity contribution in [2.75, 3.05) is 39.6 Å². The minimum atomic E-state index is -4.99. The van der Waals surface area contributed by atoms with E-state index in [0.29, 0.717) is 32.1 Å². The summed E-state index contributed by atoms with van der Waals surface area (Å²) in [6, 6.07) is 0. The smallest absolute Gasteiger partial charge is 0.462 e. The quantitative estimate of drug-likeness (QED) is 0.0169. The molecule has 98 heavy (non-hydrogen) atoms. The van der Waals surface area contributed by atoms with Crippen molar-refractivity contribution in [2.45, 2.75) is 316 Å². The van der Waals surface area contributed by atoms with E-state index in [-0.39, 0.29) is 25.7 Å². The topological polar surface area (TPSA) is 237 Å². The van der Waals surface area contributed by atoms with Crippen molar-refractivity contribution >= 4 is 39.5 Å².